The molecule has 0 heterocycles. The number of alkyl halides is 1. The van der Waals surface area contributed by atoms with Crippen LogP contribution in [-0.4, -0.2) is 24.3 Å². The largest absolute Gasteiger partial charge is 0.493 e. The number of rotatable bonds is 7. The van der Waals surface area contributed by atoms with Crippen LogP contribution in [0.3, 0.4) is 0 Å². The molecule has 0 aliphatic carbocycles. The predicted molar refractivity (Wildman–Crippen MR) is 75.9 cm³/mol. The Morgan fingerprint density at radius 3 is 2.72 bits per heavy atom. The van der Waals surface area contributed by atoms with Gasteiger partial charge in [0.05, 0.1) is 18.5 Å². The number of ketones is 1. The van der Waals surface area contributed by atoms with E-state index in [1.165, 1.54) is 0 Å². The lowest BCUT2D eigenvalue weighted by Gasteiger charge is -2.15. The topological polar surface area (TPSA) is 35.5 Å². The first-order valence-corrected chi connectivity index (χ1v) is 6.94. The lowest BCUT2D eigenvalue weighted by Crippen LogP contribution is -2.14. The average molecular weight is 315 g/mol. The van der Waals surface area contributed by atoms with E-state index in [2.05, 4.69) is 22.9 Å². The van der Waals surface area contributed by atoms with Crippen LogP contribution in [0.5, 0.6) is 11.5 Å². The highest BCUT2D eigenvalue weighted by molar-refractivity contribution is 9.10. The molecule has 3 nitrogen and oxygen atoms in total. The van der Waals surface area contributed by atoms with Gasteiger partial charge in [0.1, 0.15) is 5.78 Å². The standard InChI is InChI=1S/C14H19BrO3/c1-4-8-18-14-11(9-12(15)10(2)16)6-5-7-13(14)17-3/h5-7,12H,4,8-9H2,1-3H3. The summed E-state index contributed by atoms with van der Waals surface area (Å²) in [6.45, 7) is 4.27. The van der Waals surface area contributed by atoms with Gasteiger partial charge >= 0.3 is 0 Å². The summed E-state index contributed by atoms with van der Waals surface area (Å²) in [6, 6.07) is 5.74. The van der Waals surface area contributed by atoms with Crippen LogP contribution in [-0.2, 0) is 11.2 Å². The molecular formula is C14H19BrO3. The average Bonchev–Trinajstić information content (AvgIpc) is 2.36. The highest BCUT2D eigenvalue weighted by Crippen LogP contribution is 2.32. The van der Waals surface area contributed by atoms with Crippen LogP contribution in [0.1, 0.15) is 25.8 Å². The minimum atomic E-state index is -0.186. The molecule has 0 aliphatic rings. The Morgan fingerprint density at radius 2 is 2.17 bits per heavy atom. The number of Topliss-reactive ketones (excluding diaryl/α,β-unsaturated/α-hetero) is 1. The molecule has 0 amide bonds. The molecule has 1 atom stereocenters. The number of hydrogen-bond donors (Lipinski definition) is 0. The zero-order valence-corrected chi connectivity index (χ0v) is 12.6. The van der Waals surface area contributed by atoms with Gasteiger partial charge in [-0.15, -0.1) is 0 Å². The number of para-hydroxylation sites is 1. The molecule has 100 valence electrons. The number of hydrogen-bond acceptors (Lipinski definition) is 3. The molecular weight excluding hydrogens is 296 g/mol. The smallest absolute Gasteiger partial charge is 0.164 e. The second-order valence-electron chi connectivity index (χ2n) is 4.08. The Kier molecular flexibility index (Phi) is 6.19. The first kappa shape index (κ1) is 15.0. The summed E-state index contributed by atoms with van der Waals surface area (Å²) in [4.78, 5) is 11.1. The van der Waals surface area contributed by atoms with Crippen LogP contribution in [0.4, 0.5) is 0 Å². The van der Waals surface area contributed by atoms with E-state index < -0.39 is 0 Å². The Balaban J connectivity index is 2.97. The molecule has 1 rings (SSSR count). The van der Waals surface area contributed by atoms with E-state index in [0.717, 1.165) is 17.7 Å². The molecule has 4 heteroatoms. The number of benzene rings is 1. The van der Waals surface area contributed by atoms with Crippen molar-refractivity contribution in [1.82, 2.24) is 0 Å². The Bertz CT molecular complexity index is 404. The van der Waals surface area contributed by atoms with Crippen molar-refractivity contribution in [3.05, 3.63) is 23.8 Å². The van der Waals surface area contributed by atoms with Gasteiger partial charge in [0.2, 0.25) is 0 Å². The summed E-state index contributed by atoms with van der Waals surface area (Å²) in [5.74, 6) is 1.57. The third-order valence-corrected chi connectivity index (χ3v) is 3.54. The van der Waals surface area contributed by atoms with Gasteiger partial charge in [-0.1, -0.05) is 35.0 Å². The normalized spacial score (nSPS) is 12.0. The van der Waals surface area contributed by atoms with Gasteiger partial charge in [0.15, 0.2) is 11.5 Å². The maximum absolute atomic E-state index is 11.3. The molecule has 0 aromatic heterocycles. The molecule has 0 radical (unpaired) electrons. The van der Waals surface area contributed by atoms with E-state index in [0.29, 0.717) is 18.8 Å². The maximum atomic E-state index is 11.3. The fraction of sp³-hybridized carbons (Fsp3) is 0.500. The van der Waals surface area contributed by atoms with E-state index in [1.807, 2.05) is 18.2 Å². The molecule has 0 aliphatic heterocycles. The van der Waals surface area contributed by atoms with Gasteiger partial charge in [0.25, 0.3) is 0 Å². The molecule has 1 aromatic rings. The van der Waals surface area contributed by atoms with Gasteiger partial charge in [-0.3, -0.25) is 4.79 Å². The highest BCUT2D eigenvalue weighted by Gasteiger charge is 2.16. The van der Waals surface area contributed by atoms with Gasteiger partial charge in [0, 0.05) is 0 Å². The summed E-state index contributed by atoms with van der Waals surface area (Å²) in [6.07, 6.45) is 1.54. The van der Waals surface area contributed by atoms with Crippen molar-refractivity contribution < 1.29 is 14.3 Å². The Labute approximate surface area is 117 Å². The summed E-state index contributed by atoms with van der Waals surface area (Å²) in [5.41, 5.74) is 0.986. The van der Waals surface area contributed by atoms with Crippen LogP contribution in [0.15, 0.2) is 18.2 Å². The summed E-state index contributed by atoms with van der Waals surface area (Å²) >= 11 is 3.38. The fourth-order valence-electron chi connectivity index (χ4n) is 1.59. The lowest BCUT2D eigenvalue weighted by molar-refractivity contribution is -0.116. The number of methoxy groups -OCH3 is 1. The summed E-state index contributed by atoms with van der Waals surface area (Å²) in [5, 5.41) is 0. The van der Waals surface area contributed by atoms with E-state index in [4.69, 9.17) is 9.47 Å². The SMILES string of the molecule is CCCOc1c(CC(Br)C(C)=O)cccc1OC. The van der Waals surface area contributed by atoms with Gasteiger partial charge < -0.3 is 9.47 Å². The number of carbonyl (C=O) groups is 1. The first-order valence-electron chi connectivity index (χ1n) is 6.03. The van der Waals surface area contributed by atoms with Crippen molar-refractivity contribution >= 4 is 21.7 Å². The fourth-order valence-corrected chi connectivity index (χ4v) is 1.94. The highest BCUT2D eigenvalue weighted by atomic mass is 79.9. The molecule has 0 fully saturated rings. The van der Waals surface area contributed by atoms with Gasteiger partial charge in [-0.25, -0.2) is 0 Å². The van der Waals surface area contributed by atoms with Crippen molar-refractivity contribution in [2.24, 2.45) is 0 Å². The minimum Gasteiger partial charge on any atom is -0.493 e. The van der Waals surface area contributed by atoms with Crippen LogP contribution in [0.25, 0.3) is 0 Å². The van der Waals surface area contributed by atoms with Gasteiger partial charge in [-0.05, 0) is 31.4 Å². The van der Waals surface area contributed by atoms with Crippen molar-refractivity contribution in [2.75, 3.05) is 13.7 Å². The molecule has 0 N–H and O–H groups in total. The molecule has 0 saturated carbocycles. The van der Waals surface area contributed by atoms with Crippen molar-refractivity contribution in [3.63, 3.8) is 0 Å². The third-order valence-electron chi connectivity index (χ3n) is 2.57. The molecule has 18 heavy (non-hydrogen) atoms. The Morgan fingerprint density at radius 1 is 1.44 bits per heavy atom. The Hall–Kier alpha value is -1.03. The molecule has 0 saturated heterocycles. The summed E-state index contributed by atoms with van der Waals surface area (Å²) < 4.78 is 11.0. The van der Waals surface area contributed by atoms with Crippen molar-refractivity contribution in [1.29, 1.82) is 0 Å². The quantitative estimate of drug-likeness (QED) is 0.724. The van der Waals surface area contributed by atoms with Crippen LogP contribution < -0.4 is 9.47 Å². The number of carbonyl (C=O) groups excluding carboxylic acids is 1. The lowest BCUT2D eigenvalue weighted by atomic mass is 10.1. The summed E-state index contributed by atoms with van der Waals surface area (Å²) in [7, 11) is 1.62. The van der Waals surface area contributed by atoms with E-state index >= 15 is 0 Å². The van der Waals surface area contributed by atoms with E-state index in [1.54, 1.807) is 14.0 Å². The minimum absolute atomic E-state index is 0.110. The predicted octanol–water partition coefficient (Wildman–Crippen LogP) is 3.38. The van der Waals surface area contributed by atoms with Crippen molar-refractivity contribution in [2.45, 2.75) is 31.5 Å². The molecule has 0 spiro atoms. The number of ether oxygens (including phenoxy) is 2. The molecule has 1 aromatic carbocycles. The second-order valence-corrected chi connectivity index (χ2v) is 5.18. The van der Waals surface area contributed by atoms with Crippen LogP contribution in [0, 0.1) is 0 Å². The van der Waals surface area contributed by atoms with Gasteiger partial charge in [-0.2, -0.15) is 0 Å². The monoisotopic (exact) mass is 314 g/mol. The zero-order chi connectivity index (χ0) is 13.5. The molecule has 0 bridgehead atoms. The van der Waals surface area contributed by atoms with Crippen molar-refractivity contribution in [3.8, 4) is 11.5 Å². The van der Waals surface area contributed by atoms with E-state index in [9.17, 15) is 4.79 Å². The van der Waals surface area contributed by atoms with Crippen LogP contribution in [0.2, 0.25) is 0 Å². The van der Waals surface area contributed by atoms with E-state index in [-0.39, 0.29) is 10.6 Å². The maximum Gasteiger partial charge on any atom is 0.164 e. The zero-order valence-electron chi connectivity index (χ0n) is 11.0. The third kappa shape index (κ3) is 4.02. The molecule has 1 unspecified atom stereocenters. The van der Waals surface area contributed by atoms with Crippen LogP contribution >= 0.6 is 15.9 Å². The number of halogens is 1. The first-order chi connectivity index (χ1) is 8.60. The second kappa shape index (κ2) is 7.41.